The largest absolute Gasteiger partial charge is 0.311 e. The molecule has 1 aliphatic rings. The second kappa shape index (κ2) is 8.26. The van der Waals surface area contributed by atoms with Crippen LogP contribution in [0.3, 0.4) is 0 Å². The molecule has 6 rings (SSSR count). The van der Waals surface area contributed by atoms with Crippen molar-refractivity contribution in [2.24, 2.45) is 0 Å². The zero-order valence-electron chi connectivity index (χ0n) is 17.9. The van der Waals surface area contributed by atoms with E-state index in [2.05, 4.69) is 59.5 Å². The van der Waals surface area contributed by atoms with Crippen LogP contribution in [0.25, 0.3) is 21.9 Å². The summed E-state index contributed by atoms with van der Waals surface area (Å²) in [5, 5.41) is 4.16. The van der Waals surface area contributed by atoms with Crippen LogP contribution < -0.4 is 4.90 Å². The average Bonchev–Trinajstić information content (AvgIpc) is 2.82. The van der Waals surface area contributed by atoms with Crippen molar-refractivity contribution in [1.29, 1.82) is 0 Å². The number of anilines is 3. The summed E-state index contributed by atoms with van der Waals surface area (Å²) in [4.78, 5) is 2.21. The molecular formula is C30H21Cl2N. The van der Waals surface area contributed by atoms with Crippen LogP contribution in [-0.2, 0) is 12.8 Å². The van der Waals surface area contributed by atoms with Crippen molar-refractivity contribution in [1.82, 2.24) is 0 Å². The number of hydrogen-bond acceptors (Lipinski definition) is 1. The fourth-order valence-corrected chi connectivity index (χ4v) is 5.00. The molecule has 0 amide bonds. The first-order valence-electron chi connectivity index (χ1n) is 11.1. The lowest BCUT2D eigenvalue weighted by Crippen LogP contribution is -2.10. The highest BCUT2D eigenvalue weighted by atomic mass is 35.5. The zero-order chi connectivity index (χ0) is 22.4. The Morgan fingerprint density at radius 3 is 1.58 bits per heavy atom. The highest BCUT2D eigenvalue weighted by molar-refractivity contribution is 6.31. The molecule has 0 unspecified atom stereocenters. The van der Waals surface area contributed by atoms with Crippen LogP contribution in [-0.4, -0.2) is 0 Å². The second-order valence-electron chi connectivity index (χ2n) is 8.44. The molecule has 33 heavy (non-hydrogen) atoms. The van der Waals surface area contributed by atoms with Crippen molar-refractivity contribution < 1.29 is 0 Å². The number of aryl methyl sites for hydroxylation is 2. The lowest BCUT2D eigenvalue weighted by Gasteiger charge is -2.26. The molecule has 3 heteroatoms. The van der Waals surface area contributed by atoms with Gasteiger partial charge in [0.05, 0.1) is 0 Å². The molecule has 0 fully saturated rings. The Kier molecular flexibility index (Phi) is 5.10. The summed E-state index contributed by atoms with van der Waals surface area (Å²) < 4.78 is 0. The second-order valence-corrected chi connectivity index (χ2v) is 9.32. The molecule has 0 spiro atoms. The van der Waals surface area contributed by atoms with E-state index in [-0.39, 0.29) is 0 Å². The molecule has 0 N–H and O–H groups in total. The van der Waals surface area contributed by atoms with Crippen LogP contribution in [0.15, 0.2) is 103 Å². The summed E-state index contributed by atoms with van der Waals surface area (Å²) >= 11 is 12.3. The Bertz CT molecular complexity index is 1410. The van der Waals surface area contributed by atoms with E-state index in [0.717, 1.165) is 27.1 Å². The van der Waals surface area contributed by atoms with Crippen molar-refractivity contribution in [3.63, 3.8) is 0 Å². The SMILES string of the molecule is Clc1ccc(N(c2ccc(Cl)cc2)c2ccc(-c3cc4c(c5ccccc35)CC4)cc2)cc1. The summed E-state index contributed by atoms with van der Waals surface area (Å²) in [5.74, 6) is 0. The van der Waals surface area contributed by atoms with E-state index in [1.807, 2.05) is 48.5 Å². The third-order valence-corrected chi connectivity index (χ3v) is 7.00. The van der Waals surface area contributed by atoms with Crippen LogP contribution in [0.1, 0.15) is 11.1 Å². The van der Waals surface area contributed by atoms with Gasteiger partial charge in [-0.25, -0.2) is 0 Å². The van der Waals surface area contributed by atoms with Gasteiger partial charge in [-0.05, 0) is 107 Å². The summed E-state index contributed by atoms with van der Waals surface area (Å²) in [6.45, 7) is 0. The van der Waals surface area contributed by atoms with E-state index in [0.29, 0.717) is 0 Å². The van der Waals surface area contributed by atoms with Crippen molar-refractivity contribution in [3.05, 3.63) is 124 Å². The van der Waals surface area contributed by atoms with E-state index >= 15 is 0 Å². The Morgan fingerprint density at radius 1 is 0.545 bits per heavy atom. The van der Waals surface area contributed by atoms with Gasteiger partial charge in [0.15, 0.2) is 0 Å². The van der Waals surface area contributed by atoms with Crippen molar-refractivity contribution in [3.8, 4) is 11.1 Å². The molecule has 1 nitrogen and oxygen atoms in total. The molecule has 0 saturated carbocycles. The van der Waals surface area contributed by atoms with Crippen LogP contribution in [0.5, 0.6) is 0 Å². The maximum absolute atomic E-state index is 6.16. The minimum atomic E-state index is 0.720. The molecule has 1 aliphatic carbocycles. The van der Waals surface area contributed by atoms with Crippen LogP contribution >= 0.6 is 23.2 Å². The summed E-state index contributed by atoms with van der Waals surface area (Å²) in [5.41, 5.74) is 8.70. The predicted molar refractivity (Wildman–Crippen MR) is 141 cm³/mol. The van der Waals surface area contributed by atoms with Crippen LogP contribution in [0.4, 0.5) is 17.1 Å². The summed E-state index contributed by atoms with van der Waals surface area (Å²) in [6, 6.07) is 35.8. The maximum atomic E-state index is 6.16. The number of fused-ring (bicyclic) bond motifs is 3. The van der Waals surface area contributed by atoms with E-state index in [1.54, 1.807) is 0 Å². The van der Waals surface area contributed by atoms with E-state index in [4.69, 9.17) is 23.2 Å². The van der Waals surface area contributed by atoms with Gasteiger partial charge in [0.2, 0.25) is 0 Å². The number of halogens is 2. The van der Waals surface area contributed by atoms with Gasteiger partial charge in [-0.15, -0.1) is 0 Å². The molecule has 0 aromatic heterocycles. The topological polar surface area (TPSA) is 3.24 Å². The van der Waals surface area contributed by atoms with E-state index < -0.39 is 0 Å². The van der Waals surface area contributed by atoms with Crippen LogP contribution in [0.2, 0.25) is 10.0 Å². The van der Waals surface area contributed by atoms with Crippen molar-refractivity contribution >= 4 is 51.0 Å². The van der Waals surface area contributed by atoms with Crippen LogP contribution in [0, 0.1) is 0 Å². The molecule has 0 heterocycles. The predicted octanol–water partition coefficient (Wildman–Crippen LogP) is 9.38. The smallest absolute Gasteiger partial charge is 0.0462 e. The van der Waals surface area contributed by atoms with Gasteiger partial charge in [-0.3, -0.25) is 0 Å². The molecule has 0 saturated heterocycles. The monoisotopic (exact) mass is 465 g/mol. The van der Waals surface area contributed by atoms with Crippen molar-refractivity contribution in [2.75, 3.05) is 4.90 Å². The van der Waals surface area contributed by atoms with Gasteiger partial charge in [0.1, 0.15) is 0 Å². The lowest BCUT2D eigenvalue weighted by atomic mass is 9.81. The quantitative estimate of drug-likeness (QED) is 0.255. The standard InChI is InChI=1S/C30H21Cl2N/c31-22-8-14-25(15-9-22)33(26-16-10-23(32)11-17-26)24-12-5-20(6-13-24)30-19-21-7-18-27(21)28-3-1-2-4-29(28)30/h1-6,8-17,19H,7,18H2. The summed E-state index contributed by atoms with van der Waals surface area (Å²) in [6.07, 6.45) is 2.36. The summed E-state index contributed by atoms with van der Waals surface area (Å²) in [7, 11) is 0. The van der Waals surface area contributed by atoms with Gasteiger partial charge >= 0.3 is 0 Å². The molecule has 5 aromatic rings. The first kappa shape index (κ1) is 20.4. The van der Waals surface area contributed by atoms with Gasteiger partial charge < -0.3 is 4.90 Å². The Morgan fingerprint density at radius 2 is 1.06 bits per heavy atom. The van der Waals surface area contributed by atoms with Crippen molar-refractivity contribution in [2.45, 2.75) is 12.8 Å². The van der Waals surface area contributed by atoms with E-state index in [1.165, 1.54) is 45.9 Å². The molecule has 160 valence electrons. The van der Waals surface area contributed by atoms with Gasteiger partial charge in [-0.2, -0.15) is 0 Å². The van der Waals surface area contributed by atoms with E-state index in [9.17, 15) is 0 Å². The highest BCUT2D eigenvalue weighted by Gasteiger charge is 2.19. The fourth-order valence-electron chi connectivity index (χ4n) is 4.75. The Balaban J connectivity index is 1.45. The molecule has 0 radical (unpaired) electrons. The maximum Gasteiger partial charge on any atom is 0.0462 e. The number of hydrogen-bond donors (Lipinski definition) is 0. The zero-order valence-corrected chi connectivity index (χ0v) is 19.4. The minimum Gasteiger partial charge on any atom is -0.311 e. The first-order valence-corrected chi connectivity index (χ1v) is 11.9. The fraction of sp³-hybridized carbons (Fsp3) is 0.0667. The normalized spacial score (nSPS) is 12.3. The van der Waals surface area contributed by atoms with Gasteiger partial charge in [0.25, 0.3) is 0 Å². The lowest BCUT2D eigenvalue weighted by molar-refractivity contribution is 0.852. The molecule has 0 atom stereocenters. The Hall–Kier alpha value is -3.26. The van der Waals surface area contributed by atoms with Gasteiger partial charge in [-0.1, -0.05) is 65.7 Å². The minimum absolute atomic E-state index is 0.720. The molecular weight excluding hydrogens is 445 g/mol. The molecule has 0 aliphatic heterocycles. The average molecular weight is 466 g/mol. The first-order chi connectivity index (χ1) is 16.2. The third kappa shape index (κ3) is 3.68. The number of rotatable bonds is 4. The number of benzene rings is 5. The third-order valence-electron chi connectivity index (χ3n) is 6.50. The number of nitrogens with zero attached hydrogens (tertiary/aromatic N) is 1. The Labute approximate surface area is 203 Å². The molecule has 0 bridgehead atoms. The molecule has 5 aromatic carbocycles. The highest BCUT2D eigenvalue weighted by Crippen LogP contribution is 2.40. The van der Waals surface area contributed by atoms with Gasteiger partial charge in [0, 0.05) is 27.1 Å².